The molecule has 2 fully saturated rings. The van der Waals surface area contributed by atoms with Gasteiger partial charge in [0.05, 0.1) is 35.1 Å². The molecule has 8 aromatic rings. The van der Waals surface area contributed by atoms with Crippen molar-refractivity contribution in [1.82, 2.24) is 36.1 Å². The zero-order valence-corrected chi connectivity index (χ0v) is 46.5. The third kappa shape index (κ3) is 12.4. The van der Waals surface area contributed by atoms with Crippen LogP contribution in [0, 0.1) is 12.3 Å². The summed E-state index contributed by atoms with van der Waals surface area (Å²) < 4.78 is 33.0. The number of carbonyl (C=O) groups is 6. The summed E-state index contributed by atoms with van der Waals surface area (Å²) in [6, 6.07) is 28.9. The average Bonchev–Trinajstić information content (AvgIpc) is 4.11. The predicted molar refractivity (Wildman–Crippen MR) is 306 cm³/mol. The summed E-state index contributed by atoms with van der Waals surface area (Å²) in [4.78, 5) is 97.2. The number of aromatic nitrogens is 2. The molecule has 5 atom stereocenters. The SMILES string of the molecule is Cc1ncsc1-c1ccc(CNC(=O)C2CC(O)CN2C(=O)C(NC(=O)C2(F)CC2)C(C)(C)C)c(OCCCCNC(=O)C(NC(=O)C(c2cccnc2)N(C(=O)c2ccco2)c2ccc3c(c2)oc2ccccc23)c2ccccc2)c1. The van der Waals surface area contributed by atoms with Crippen LogP contribution in [0.3, 0.4) is 0 Å². The van der Waals surface area contributed by atoms with Crippen molar-refractivity contribution in [3.8, 4) is 16.2 Å². The zero-order chi connectivity index (χ0) is 57.7. The molecule has 2 aliphatic rings. The van der Waals surface area contributed by atoms with Gasteiger partial charge in [-0.1, -0.05) is 87.5 Å². The first-order chi connectivity index (χ1) is 39.5. The van der Waals surface area contributed by atoms with Gasteiger partial charge in [0, 0.05) is 72.1 Å². The van der Waals surface area contributed by atoms with Crippen molar-refractivity contribution < 1.29 is 51.8 Å². The average molecular weight is 1130 g/mol. The summed E-state index contributed by atoms with van der Waals surface area (Å²) in [7, 11) is 0. The zero-order valence-electron chi connectivity index (χ0n) is 45.7. The van der Waals surface area contributed by atoms with Crippen molar-refractivity contribution in [2.24, 2.45) is 5.41 Å². The number of nitrogens with zero attached hydrogens (tertiary/aromatic N) is 4. The lowest BCUT2D eigenvalue weighted by atomic mass is 9.85. The van der Waals surface area contributed by atoms with Crippen LogP contribution in [0.15, 0.2) is 148 Å². The van der Waals surface area contributed by atoms with E-state index < -0.39 is 76.8 Å². The first kappa shape index (κ1) is 56.5. The number of halogens is 1. The lowest BCUT2D eigenvalue weighted by Gasteiger charge is -2.35. The van der Waals surface area contributed by atoms with Crippen molar-refractivity contribution in [1.29, 1.82) is 0 Å². The van der Waals surface area contributed by atoms with Crippen molar-refractivity contribution in [3.63, 3.8) is 0 Å². The number of carbonyl (C=O) groups excluding carboxylic acids is 6. The minimum absolute atomic E-state index is 0.00410. The van der Waals surface area contributed by atoms with Crippen LogP contribution >= 0.6 is 11.3 Å². The largest absolute Gasteiger partial charge is 0.493 e. The van der Waals surface area contributed by atoms with Gasteiger partial charge in [0.25, 0.3) is 11.8 Å². The first-order valence-electron chi connectivity index (χ1n) is 27.2. The smallest absolute Gasteiger partial charge is 0.294 e. The fourth-order valence-electron chi connectivity index (χ4n) is 10.2. The molecule has 1 aliphatic carbocycles. The van der Waals surface area contributed by atoms with Gasteiger partial charge in [-0.25, -0.2) is 9.37 Å². The highest BCUT2D eigenvalue weighted by atomic mass is 32.1. The minimum Gasteiger partial charge on any atom is -0.493 e. The van der Waals surface area contributed by atoms with E-state index >= 15 is 4.79 Å². The van der Waals surface area contributed by atoms with Gasteiger partial charge in [0.15, 0.2) is 11.4 Å². The molecule has 1 aliphatic heterocycles. The summed E-state index contributed by atoms with van der Waals surface area (Å²) >= 11 is 1.47. The van der Waals surface area contributed by atoms with Crippen molar-refractivity contribution in [3.05, 3.63) is 168 Å². The number of likely N-dealkylation sites (tertiary alicyclic amines) is 1. The van der Waals surface area contributed by atoms with Crippen LogP contribution < -0.4 is 30.9 Å². The number of hydrogen-bond acceptors (Lipinski definition) is 13. The number of thiazole rings is 1. The Hall–Kier alpha value is -8.75. The summed E-state index contributed by atoms with van der Waals surface area (Å²) in [6.45, 7) is 7.41. The minimum atomic E-state index is -2.01. The molecule has 1 saturated heterocycles. The van der Waals surface area contributed by atoms with E-state index in [4.69, 9.17) is 13.6 Å². The molecule has 20 heteroatoms. The number of rotatable bonds is 21. The molecule has 424 valence electrons. The number of β-amino-alcohol motifs (C(OH)–C–C–N with tert-alkyl or cyclic N) is 1. The molecule has 4 aromatic carbocycles. The first-order valence-corrected chi connectivity index (χ1v) is 28.1. The number of furan rings is 2. The van der Waals surface area contributed by atoms with Crippen LogP contribution in [0.25, 0.3) is 32.4 Å². The van der Waals surface area contributed by atoms with Gasteiger partial charge in [-0.3, -0.25) is 38.7 Å². The molecule has 1 saturated carbocycles. The third-order valence-corrected chi connectivity index (χ3v) is 15.8. The van der Waals surface area contributed by atoms with Crippen LogP contribution in [0.5, 0.6) is 5.75 Å². The fourth-order valence-corrected chi connectivity index (χ4v) is 11.0. The highest BCUT2D eigenvalue weighted by molar-refractivity contribution is 7.13. The van der Waals surface area contributed by atoms with E-state index in [9.17, 15) is 33.5 Å². The van der Waals surface area contributed by atoms with E-state index in [0.29, 0.717) is 52.1 Å². The molecule has 4 aromatic heterocycles. The number of aryl methyl sites for hydroxylation is 1. The normalized spacial score (nSPS) is 16.7. The molecule has 10 rings (SSSR count). The fraction of sp³-hybridized carbons (Fsp3) is 0.323. The molecule has 0 radical (unpaired) electrons. The molecule has 5 unspecified atom stereocenters. The van der Waals surface area contributed by atoms with Crippen molar-refractivity contribution in [2.45, 2.75) is 102 Å². The van der Waals surface area contributed by atoms with E-state index in [1.165, 1.54) is 39.7 Å². The number of alkyl halides is 1. The second-order valence-electron chi connectivity index (χ2n) is 21.8. The maximum absolute atomic E-state index is 15.1. The van der Waals surface area contributed by atoms with Gasteiger partial charge < -0.3 is 44.8 Å². The number of para-hydroxylation sites is 1. The Kier molecular flexibility index (Phi) is 16.6. The Labute approximate surface area is 476 Å². The van der Waals surface area contributed by atoms with Crippen LogP contribution in [-0.4, -0.2) is 99.0 Å². The van der Waals surface area contributed by atoms with Crippen LogP contribution in [-0.2, 0) is 30.5 Å². The number of aliphatic hydroxyl groups is 1. The van der Waals surface area contributed by atoms with E-state index in [0.717, 1.165) is 26.9 Å². The number of anilines is 1. The van der Waals surface area contributed by atoms with E-state index in [1.54, 1.807) is 93.1 Å². The summed E-state index contributed by atoms with van der Waals surface area (Å²) in [6.07, 6.45) is 4.49. The van der Waals surface area contributed by atoms with Gasteiger partial charge in [0.2, 0.25) is 23.6 Å². The second kappa shape index (κ2) is 24.1. The highest BCUT2D eigenvalue weighted by Gasteiger charge is 2.53. The van der Waals surface area contributed by atoms with Crippen LogP contribution in [0.2, 0.25) is 0 Å². The molecular weight excluding hydrogens is 1070 g/mol. The molecule has 82 heavy (non-hydrogen) atoms. The lowest BCUT2D eigenvalue weighted by Crippen LogP contribution is -2.59. The van der Waals surface area contributed by atoms with E-state index in [-0.39, 0.29) is 51.3 Å². The summed E-state index contributed by atoms with van der Waals surface area (Å²) in [5, 5.41) is 23.9. The molecule has 5 heterocycles. The Bertz CT molecular complexity index is 3620. The van der Waals surface area contributed by atoms with Gasteiger partial charge in [0.1, 0.15) is 41.1 Å². The van der Waals surface area contributed by atoms with Crippen LogP contribution in [0.4, 0.5) is 10.1 Å². The van der Waals surface area contributed by atoms with Crippen molar-refractivity contribution in [2.75, 3.05) is 24.6 Å². The number of fused-ring (bicyclic) bond motifs is 3. The standard InChI is InChI=1S/C62H63FN8O10S/c1-37-53(82-36-67-37)39-20-21-40(34-66-55(73)46-32-43(72)35-70(46)59(77)54(61(2,3)4)69-60(78)62(63)24-25-62)49(30-39)80-28-11-10-27-65-56(74)51(38-14-6-5-7-15-38)68-57(75)52(41-16-12-26-64-33-41)71(58(76)48-19-13-29-79-48)42-22-23-45-44-17-8-9-18-47(44)81-50(45)31-42/h5-9,12-23,26,29-31,33,36,43,46,51-52,54,72H,10-11,24-25,27-28,32,34-35H2,1-4H3,(H,65,74)(H,66,73)(H,68,75)(H,69,78). The molecular formula is C62H63FN8O10S. The number of amides is 6. The van der Waals surface area contributed by atoms with Gasteiger partial charge in [-0.2, -0.15) is 0 Å². The summed E-state index contributed by atoms with van der Waals surface area (Å²) in [5.74, 6) is -3.30. The number of aliphatic hydroxyl groups excluding tert-OH is 1. The van der Waals surface area contributed by atoms with Gasteiger partial charge in [-0.05, 0) is 91.6 Å². The Morgan fingerprint density at radius 3 is 2.35 bits per heavy atom. The quantitative estimate of drug-likeness (QED) is 0.0424. The molecule has 18 nitrogen and oxygen atoms in total. The number of unbranched alkanes of at least 4 members (excludes halogenated alkanes) is 1. The molecule has 6 amide bonds. The van der Waals surface area contributed by atoms with E-state index in [2.05, 4.69) is 31.2 Å². The van der Waals surface area contributed by atoms with E-state index in [1.807, 2.05) is 55.5 Å². The van der Waals surface area contributed by atoms with Gasteiger partial charge in [-0.15, -0.1) is 11.3 Å². The number of hydrogen-bond donors (Lipinski definition) is 5. The van der Waals surface area contributed by atoms with Crippen molar-refractivity contribution >= 4 is 74.4 Å². The molecule has 5 N–H and O–H groups in total. The predicted octanol–water partition coefficient (Wildman–Crippen LogP) is 8.84. The topological polar surface area (TPSA) is 239 Å². The third-order valence-electron chi connectivity index (χ3n) is 14.8. The Balaban J connectivity index is 0.818. The Morgan fingerprint density at radius 2 is 1.63 bits per heavy atom. The molecule has 0 spiro atoms. The van der Waals surface area contributed by atoms with Gasteiger partial charge >= 0.3 is 0 Å². The highest BCUT2D eigenvalue weighted by Crippen LogP contribution is 2.41. The number of benzene rings is 4. The number of pyridine rings is 1. The lowest BCUT2D eigenvalue weighted by molar-refractivity contribution is -0.145. The molecule has 0 bridgehead atoms. The maximum Gasteiger partial charge on any atom is 0.294 e. The monoisotopic (exact) mass is 1130 g/mol. The Morgan fingerprint density at radius 1 is 0.866 bits per heavy atom. The number of nitrogens with one attached hydrogen (secondary N) is 4. The van der Waals surface area contributed by atoms with Crippen LogP contribution in [0.1, 0.15) is 97.9 Å². The second-order valence-corrected chi connectivity index (χ2v) is 22.6. The maximum atomic E-state index is 15.1. The summed E-state index contributed by atoms with van der Waals surface area (Å²) in [5.41, 5.74) is 3.56. The number of ether oxygens (including phenoxy) is 1.